The quantitative estimate of drug-likeness (QED) is 0.767. The van der Waals surface area contributed by atoms with Crippen LogP contribution in [0.5, 0.6) is 0 Å². The molecule has 0 aliphatic carbocycles. The van der Waals surface area contributed by atoms with E-state index in [2.05, 4.69) is 41.1 Å². The third-order valence-electron chi connectivity index (χ3n) is 3.71. The Kier molecular flexibility index (Phi) is 4.00. The van der Waals surface area contributed by atoms with Gasteiger partial charge >= 0.3 is 0 Å². The zero-order chi connectivity index (χ0) is 14.8. The molecule has 0 bridgehead atoms. The minimum Gasteiger partial charge on any atom is -0.343 e. The molecule has 0 amide bonds. The van der Waals surface area contributed by atoms with Crippen molar-refractivity contribution in [3.8, 4) is 0 Å². The molecule has 21 heavy (non-hydrogen) atoms. The van der Waals surface area contributed by atoms with Crippen LogP contribution in [-0.4, -0.2) is 10.6 Å². The number of fused-ring (bicyclic) bond motifs is 1. The van der Waals surface area contributed by atoms with E-state index in [1.54, 1.807) is 0 Å². The van der Waals surface area contributed by atoms with Gasteiger partial charge in [-0.15, -0.1) is 0 Å². The molecule has 108 valence electrons. The van der Waals surface area contributed by atoms with Gasteiger partial charge in [-0.25, -0.2) is 0 Å². The summed E-state index contributed by atoms with van der Waals surface area (Å²) < 4.78 is 2.26. The van der Waals surface area contributed by atoms with E-state index in [1.807, 2.05) is 25.1 Å². The van der Waals surface area contributed by atoms with Gasteiger partial charge in [0, 0.05) is 23.8 Å². The van der Waals surface area contributed by atoms with Crippen LogP contribution in [-0.2, 0) is 13.0 Å². The molecule has 1 heterocycles. The second kappa shape index (κ2) is 5.92. The molecule has 1 aromatic heterocycles. The molecule has 0 fully saturated rings. The molecule has 1 atom stereocenters. The molecular formula is C18H19ClN2. The summed E-state index contributed by atoms with van der Waals surface area (Å²) >= 11 is 6.28. The lowest BCUT2D eigenvalue weighted by Crippen LogP contribution is -2.18. The van der Waals surface area contributed by atoms with Crippen LogP contribution in [0.25, 0.3) is 10.9 Å². The molecule has 3 heteroatoms. The van der Waals surface area contributed by atoms with Gasteiger partial charge in [-0.2, -0.15) is 0 Å². The molecule has 3 rings (SSSR count). The summed E-state index contributed by atoms with van der Waals surface area (Å²) in [5.74, 6) is 0. The van der Waals surface area contributed by atoms with Crippen molar-refractivity contribution in [2.75, 3.05) is 0 Å². The summed E-state index contributed by atoms with van der Waals surface area (Å²) in [6.45, 7) is 2.82. The predicted molar refractivity (Wildman–Crippen MR) is 89.8 cm³/mol. The summed E-state index contributed by atoms with van der Waals surface area (Å²) in [4.78, 5) is 0. The van der Waals surface area contributed by atoms with E-state index < -0.39 is 0 Å². The Bertz CT molecular complexity index is 759. The number of para-hydroxylation sites is 1. The van der Waals surface area contributed by atoms with Crippen molar-refractivity contribution in [3.63, 3.8) is 0 Å². The summed E-state index contributed by atoms with van der Waals surface area (Å²) in [5.41, 5.74) is 9.66. The van der Waals surface area contributed by atoms with Crippen molar-refractivity contribution in [2.24, 2.45) is 5.73 Å². The third-order valence-corrected chi connectivity index (χ3v) is 4.08. The lowest BCUT2D eigenvalue weighted by Gasteiger charge is -2.12. The van der Waals surface area contributed by atoms with Crippen LogP contribution in [0.4, 0.5) is 0 Å². The fourth-order valence-electron chi connectivity index (χ4n) is 2.79. The Labute approximate surface area is 130 Å². The highest BCUT2D eigenvalue weighted by atomic mass is 35.5. The Morgan fingerprint density at radius 1 is 1.05 bits per heavy atom. The van der Waals surface area contributed by atoms with Gasteiger partial charge in [-0.1, -0.05) is 48.0 Å². The maximum atomic E-state index is 6.28. The summed E-state index contributed by atoms with van der Waals surface area (Å²) in [5, 5.41) is 2.06. The van der Waals surface area contributed by atoms with E-state index in [0.29, 0.717) is 0 Å². The minimum atomic E-state index is 0.152. The van der Waals surface area contributed by atoms with Gasteiger partial charge in [-0.3, -0.25) is 0 Å². The number of benzene rings is 2. The normalized spacial score (nSPS) is 12.7. The first-order valence-corrected chi connectivity index (χ1v) is 7.58. The van der Waals surface area contributed by atoms with E-state index in [4.69, 9.17) is 17.3 Å². The van der Waals surface area contributed by atoms with Crippen LogP contribution in [0.1, 0.15) is 18.1 Å². The highest BCUT2D eigenvalue weighted by Gasteiger charge is 2.09. The maximum absolute atomic E-state index is 6.28. The van der Waals surface area contributed by atoms with Gasteiger partial charge in [0.15, 0.2) is 0 Å². The number of hydrogen-bond acceptors (Lipinski definition) is 1. The number of nitrogens with zero attached hydrogens (tertiary/aromatic N) is 1. The molecule has 0 aliphatic heterocycles. The van der Waals surface area contributed by atoms with E-state index in [9.17, 15) is 0 Å². The van der Waals surface area contributed by atoms with Crippen molar-refractivity contribution >= 4 is 22.5 Å². The number of hydrogen-bond donors (Lipinski definition) is 1. The van der Waals surface area contributed by atoms with Crippen LogP contribution in [0, 0.1) is 0 Å². The topological polar surface area (TPSA) is 30.9 Å². The molecule has 0 spiro atoms. The predicted octanol–water partition coefficient (Wildman–Crippen LogP) is 4.23. The van der Waals surface area contributed by atoms with Crippen LogP contribution >= 0.6 is 11.6 Å². The van der Waals surface area contributed by atoms with Crippen LogP contribution in [0.2, 0.25) is 5.02 Å². The van der Waals surface area contributed by atoms with E-state index >= 15 is 0 Å². The second-order valence-corrected chi connectivity index (χ2v) is 5.98. The standard InChI is InChI=1S/C18H19ClN2/c1-13(20)11-15-7-4-6-14-9-10-21(18(14)15)12-16-5-2-3-8-17(16)19/h2-10,13H,11-12,20H2,1H3. The first-order valence-electron chi connectivity index (χ1n) is 7.21. The van der Waals surface area contributed by atoms with Crippen LogP contribution < -0.4 is 5.73 Å². The first kappa shape index (κ1) is 14.2. The SMILES string of the molecule is CC(N)Cc1cccc2ccn(Cc3ccccc3Cl)c12. The Hall–Kier alpha value is -1.77. The van der Waals surface area contributed by atoms with Crippen molar-refractivity contribution in [1.29, 1.82) is 0 Å². The molecule has 0 saturated carbocycles. The van der Waals surface area contributed by atoms with Crippen molar-refractivity contribution in [2.45, 2.75) is 25.9 Å². The van der Waals surface area contributed by atoms with Crippen LogP contribution in [0.3, 0.4) is 0 Å². The van der Waals surface area contributed by atoms with Crippen molar-refractivity contribution < 1.29 is 0 Å². The lowest BCUT2D eigenvalue weighted by molar-refractivity contribution is 0.735. The average Bonchev–Trinajstić information content (AvgIpc) is 2.85. The zero-order valence-electron chi connectivity index (χ0n) is 12.1. The van der Waals surface area contributed by atoms with Gasteiger partial charge in [0.25, 0.3) is 0 Å². The highest BCUT2D eigenvalue weighted by Crippen LogP contribution is 2.24. The Morgan fingerprint density at radius 2 is 1.81 bits per heavy atom. The molecule has 2 aromatic carbocycles. The average molecular weight is 299 g/mol. The van der Waals surface area contributed by atoms with Gasteiger partial charge in [0.2, 0.25) is 0 Å². The van der Waals surface area contributed by atoms with E-state index in [-0.39, 0.29) is 6.04 Å². The summed E-state index contributed by atoms with van der Waals surface area (Å²) in [6.07, 6.45) is 3.00. The Morgan fingerprint density at radius 3 is 2.57 bits per heavy atom. The number of rotatable bonds is 4. The number of halogens is 1. The van der Waals surface area contributed by atoms with Crippen molar-refractivity contribution in [1.82, 2.24) is 4.57 Å². The Balaban J connectivity index is 2.05. The second-order valence-electron chi connectivity index (χ2n) is 5.57. The van der Waals surface area contributed by atoms with Crippen molar-refractivity contribution in [3.05, 3.63) is 70.9 Å². The third kappa shape index (κ3) is 2.97. The fourth-order valence-corrected chi connectivity index (χ4v) is 2.99. The molecule has 2 nitrogen and oxygen atoms in total. The molecule has 2 N–H and O–H groups in total. The highest BCUT2D eigenvalue weighted by molar-refractivity contribution is 6.31. The summed E-state index contributed by atoms with van der Waals surface area (Å²) in [6, 6.07) is 16.7. The molecule has 3 aromatic rings. The van der Waals surface area contributed by atoms with Gasteiger partial charge in [0.1, 0.15) is 0 Å². The van der Waals surface area contributed by atoms with E-state index in [0.717, 1.165) is 23.6 Å². The molecular weight excluding hydrogens is 280 g/mol. The largest absolute Gasteiger partial charge is 0.343 e. The zero-order valence-corrected chi connectivity index (χ0v) is 12.8. The van der Waals surface area contributed by atoms with Gasteiger partial charge in [-0.05, 0) is 42.0 Å². The first-order chi connectivity index (χ1) is 10.1. The number of aromatic nitrogens is 1. The molecule has 0 saturated heterocycles. The monoisotopic (exact) mass is 298 g/mol. The van der Waals surface area contributed by atoms with E-state index in [1.165, 1.54) is 16.5 Å². The molecule has 1 unspecified atom stereocenters. The van der Waals surface area contributed by atoms with Gasteiger partial charge < -0.3 is 10.3 Å². The summed E-state index contributed by atoms with van der Waals surface area (Å²) in [7, 11) is 0. The lowest BCUT2D eigenvalue weighted by atomic mass is 10.0. The van der Waals surface area contributed by atoms with Gasteiger partial charge in [0.05, 0.1) is 5.52 Å². The molecule has 0 aliphatic rings. The smallest absolute Gasteiger partial charge is 0.0516 e. The molecule has 0 radical (unpaired) electrons. The fraction of sp³-hybridized carbons (Fsp3) is 0.222. The van der Waals surface area contributed by atoms with Crippen LogP contribution in [0.15, 0.2) is 54.7 Å². The number of nitrogens with two attached hydrogens (primary N) is 1. The minimum absolute atomic E-state index is 0.152. The maximum Gasteiger partial charge on any atom is 0.0516 e.